The van der Waals surface area contributed by atoms with Crippen molar-refractivity contribution in [3.63, 3.8) is 0 Å². The second-order valence-corrected chi connectivity index (χ2v) is 5.56. The number of nitrogens with zero attached hydrogens (tertiary/aromatic N) is 1. The molecule has 0 saturated carbocycles. The van der Waals surface area contributed by atoms with Gasteiger partial charge in [0.2, 0.25) is 0 Å². The summed E-state index contributed by atoms with van der Waals surface area (Å²) < 4.78 is 12.9. The smallest absolute Gasteiger partial charge is 0.123 e. The molecule has 1 fully saturated rings. The number of benzene rings is 1. The first-order valence-corrected chi connectivity index (χ1v) is 7.43. The third-order valence-electron chi connectivity index (χ3n) is 3.98. The lowest BCUT2D eigenvalue weighted by atomic mass is 10.0. The molecular formula is C16H25FN2. The lowest BCUT2D eigenvalue weighted by Gasteiger charge is -2.33. The highest BCUT2D eigenvalue weighted by molar-refractivity contribution is 5.19. The number of piperidine rings is 1. The fourth-order valence-electron chi connectivity index (χ4n) is 2.84. The van der Waals surface area contributed by atoms with E-state index in [9.17, 15) is 4.39 Å². The van der Waals surface area contributed by atoms with Crippen molar-refractivity contribution < 1.29 is 4.39 Å². The zero-order valence-corrected chi connectivity index (χ0v) is 12.0. The first kappa shape index (κ1) is 14.5. The summed E-state index contributed by atoms with van der Waals surface area (Å²) in [5.74, 6) is -0.163. The van der Waals surface area contributed by atoms with E-state index in [1.54, 1.807) is 0 Å². The van der Waals surface area contributed by atoms with E-state index in [1.807, 2.05) is 12.1 Å². The minimum Gasteiger partial charge on any atom is -0.307 e. The van der Waals surface area contributed by atoms with Crippen molar-refractivity contribution in [3.05, 3.63) is 35.6 Å². The Kier molecular flexibility index (Phi) is 5.34. The van der Waals surface area contributed by atoms with Crippen molar-refractivity contribution in [2.45, 2.75) is 45.2 Å². The first-order chi connectivity index (χ1) is 9.19. The van der Waals surface area contributed by atoms with E-state index in [0.717, 1.165) is 5.56 Å². The zero-order valence-electron chi connectivity index (χ0n) is 12.0. The maximum Gasteiger partial charge on any atom is 0.123 e. The molecule has 0 radical (unpaired) electrons. The van der Waals surface area contributed by atoms with E-state index < -0.39 is 0 Å². The highest BCUT2D eigenvalue weighted by Gasteiger charge is 2.20. The SMILES string of the molecule is CCCN1CCC(N[C@@H](C)c2ccc(F)cc2)CC1. The van der Waals surface area contributed by atoms with Gasteiger partial charge in [-0.1, -0.05) is 19.1 Å². The minimum absolute atomic E-state index is 0.163. The fourth-order valence-corrected chi connectivity index (χ4v) is 2.84. The Morgan fingerprint density at radius 1 is 1.26 bits per heavy atom. The molecule has 2 nitrogen and oxygen atoms in total. The van der Waals surface area contributed by atoms with Crippen LogP contribution in [0.4, 0.5) is 4.39 Å². The molecule has 1 saturated heterocycles. The second kappa shape index (κ2) is 7.01. The molecular weight excluding hydrogens is 239 g/mol. The van der Waals surface area contributed by atoms with E-state index in [2.05, 4.69) is 24.1 Å². The highest BCUT2D eigenvalue weighted by atomic mass is 19.1. The number of hydrogen-bond donors (Lipinski definition) is 1. The normalized spacial score (nSPS) is 19.5. The number of hydrogen-bond acceptors (Lipinski definition) is 2. The Bertz CT molecular complexity index is 369. The molecule has 1 aromatic rings. The lowest BCUT2D eigenvalue weighted by molar-refractivity contribution is 0.192. The predicted octanol–water partition coefficient (Wildman–Crippen LogP) is 3.35. The van der Waals surface area contributed by atoms with Gasteiger partial charge in [-0.05, 0) is 63.5 Å². The number of likely N-dealkylation sites (tertiary alicyclic amines) is 1. The van der Waals surface area contributed by atoms with Crippen molar-refractivity contribution >= 4 is 0 Å². The molecule has 1 aromatic carbocycles. The third-order valence-corrected chi connectivity index (χ3v) is 3.98. The van der Waals surface area contributed by atoms with Crippen LogP contribution in [0.25, 0.3) is 0 Å². The van der Waals surface area contributed by atoms with E-state index in [0.29, 0.717) is 12.1 Å². The van der Waals surface area contributed by atoms with E-state index in [-0.39, 0.29) is 5.82 Å². The van der Waals surface area contributed by atoms with E-state index in [4.69, 9.17) is 0 Å². The van der Waals surface area contributed by atoms with Crippen molar-refractivity contribution in [2.24, 2.45) is 0 Å². The van der Waals surface area contributed by atoms with Gasteiger partial charge in [0.15, 0.2) is 0 Å². The number of rotatable bonds is 5. The average molecular weight is 264 g/mol. The molecule has 1 heterocycles. The van der Waals surface area contributed by atoms with Gasteiger partial charge in [-0.2, -0.15) is 0 Å². The van der Waals surface area contributed by atoms with Crippen molar-refractivity contribution in [2.75, 3.05) is 19.6 Å². The quantitative estimate of drug-likeness (QED) is 0.877. The molecule has 0 amide bonds. The van der Waals surface area contributed by atoms with Crippen LogP contribution in [0.3, 0.4) is 0 Å². The lowest BCUT2D eigenvalue weighted by Crippen LogP contribution is -2.43. The topological polar surface area (TPSA) is 15.3 Å². The molecule has 19 heavy (non-hydrogen) atoms. The summed E-state index contributed by atoms with van der Waals surface area (Å²) in [5, 5.41) is 3.67. The van der Waals surface area contributed by atoms with Gasteiger partial charge in [0.1, 0.15) is 5.82 Å². The molecule has 1 aliphatic rings. The third kappa shape index (κ3) is 4.29. The summed E-state index contributed by atoms with van der Waals surface area (Å²) >= 11 is 0. The van der Waals surface area contributed by atoms with Gasteiger partial charge in [0.25, 0.3) is 0 Å². The van der Waals surface area contributed by atoms with Crippen LogP contribution in [0.15, 0.2) is 24.3 Å². The zero-order chi connectivity index (χ0) is 13.7. The Morgan fingerprint density at radius 2 is 1.89 bits per heavy atom. The molecule has 1 N–H and O–H groups in total. The minimum atomic E-state index is -0.163. The Hall–Kier alpha value is -0.930. The fraction of sp³-hybridized carbons (Fsp3) is 0.625. The monoisotopic (exact) mass is 264 g/mol. The van der Waals surface area contributed by atoms with Crippen LogP contribution in [-0.4, -0.2) is 30.6 Å². The summed E-state index contributed by atoms with van der Waals surface area (Å²) in [6.45, 7) is 8.01. The van der Waals surface area contributed by atoms with Gasteiger partial charge >= 0.3 is 0 Å². The Morgan fingerprint density at radius 3 is 2.47 bits per heavy atom. The largest absolute Gasteiger partial charge is 0.307 e. The molecule has 0 unspecified atom stereocenters. The van der Waals surface area contributed by atoms with Crippen LogP contribution in [0, 0.1) is 5.82 Å². The van der Waals surface area contributed by atoms with Crippen LogP contribution >= 0.6 is 0 Å². The number of halogens is 1. The van der Waals surface area contributed by atoms with Crippen molar-refractivity contribution in [1.29, 1.82) is 0 Å². The summed E-state index contributed by atoms with van der Waals surface area (Å²) in [4.78, 5) is 2.54. The van der Waals surface area contributed by atoms with Gasteiger partial charge in [0, 0.05) is 12.1 Å². The van der Waals surface area contributed by atoms with Crippen LogP contribution in [0.5, 0.6) is 0 Å². The van der Waals surface area contributed by atoms with Crippen LogP contribution in [-0.2, 0) is 0 Å². The van der Waals surface area contributed by atoms with Crippen LogP contribution in [0.2, 0.25) is 0 Å². The molecule has 106 valence electrons. The van der Waals surface area contributed by atoms with E-state index in [1.165, 1.54) is 51.0 Å². The standard InChI is InChI=1S/C16H25FN2/c1-3-10-19-11-8-16(9-12-19)18-13(2)14-4-6-15(17)7-5-14/h4-7,13,16,18H,3,8-12H2,1-2H3/t13-/m0/s1. The maximum atomic E-state index is 12.9. The highest BCUT2D eigenvalue weighted by Crippen LogP contribution is 2.17. The van der Waals surface area contributed by atoms with Crippen LogP contribution < -0.4 is 5.32 Å². The average Bonchev–Trinajstić information content (AvgIpc) is 2.42. The van der Waals surface area contributed by atoms with Crippen molar-refractivity contribution in [3.8, 4) is 0 Å². The Labute approximate surface area is 116 Å². The maximum absolute atomic E-state index is 12.9. The molecule has 2 rings (SSSR count). The first-order valence-electron chi connectivity index (χ1n) is 7.43. The van der Waals surface area contributed by atoms with Gasteiger partial charge < -0.3 is 10.2 Å². The summed E-state index contributed by atoms with van der Waals surface area (Å²) in [6.07, 6.45) is 3.67. The predicted molar refractivity (Wildman–Crippen MR) is 77.7 cm³/mol. The second-order valence-electron chi connectivity index (χ2n) is 5.56. The molecule has 0 aromatic heterocycles. The van der Waals surface area contributed by atoms with E-state index >= 15 is 0 Å². The van der Waals surface area contributed by atoms with Gasteiger partial charge in [0.05, 0.1) is 0 Å². The molecule has 1 atom stereocenters. The molecule has 3 heteroatoms. The van der Waals surface area contributed by atoms with Crippen molar-refractivity contribution in [1.82, 2.24) is 10.2 Å². The summed E-state index contributed by atoms with van der Waals surface area (Å²) in [7, 11) is 0. The van der Waals surface area contributed by atoms with Gasteiger partial charge in [-0.3, -0.25) is 0 Å². The summed E-state index contributed by atoms with van der Waals surface area (Å²) in [6, 6.07) is 7.71. The van der Waals surface area contributed by atoms with Crippen LogP contribution in [0.1, 0.15) is 44.7 Å². The molecule has 1 aliphatic heterocycles. The van der Waals surface area contributed by atoms with Gasteiger partial charge in [-0.25, -0.2) is 4.39 Å². The molecule has 0 aliphatic carbocycles. The number of nitrogens with one attached hydrogen (secondary N) is 1. The molecule has 0 bridgehead atoms. The summed E-state index contributed by atoms with van der Waals surface area (Å²) in [5.41, 5.74) is 1.16. The Balaban J connectivity index is 1.80. The molecule has 0 spiro atoms. The van der Waals surface area contributed by atoms with Gasteiger partial charge in [-0.15, -0.1) is 0 Å².